The molecule has 0 aliphatic heterocycles. The van der Waals surface area contributed by atoms with Crippen LogP contribution in [0.4, 0.5) is 0 Å². The van der Waals surface area contributed by atoms with Crippen molar-refractivity contribution in [2.45, 2.75) is 17.9 Å². The number of aromatic carboxylic acids is 1. The summed E-state index contributed by atoms with van der Waals surface area (Å²) in [6.45, 7) is 1.12. The van der Waals surface area contributed by atoms with Crippen molar-refractivity contribution < 1.29 is 23.4 Å². The van der Waals surface area contributed by atoms with E-state index in [9.17, 15) is 13.2 Å². The SMILES string of the molecule is CC(CO)N(C)S(=O)(=O)c1ccc(Cl)c(C(=O)O)c1Cl. The zero-order valence-electron chi connectivity index (χ0n) is 10.7. The van der Waals surface area contributed by atoms with E-state index >= 15 is 0 Å². The van der Waals surface area contributed by atoms with Gasteiger partial charge in [0.2, 0.25) is 10.0 Å². The number of nitrogens with zero attached hydrogens (tertiary/aromatic N) is 1. The fraction of sp³-hybridized carbons (Fsp3) is 0.364. The molecule has 1 rings (SSSR count). The molecule has 0 bridgehead atoms. The molecule has 0 radical (unpaired) electrons. The Bertz CT molecular complexity index is 632. The molecule has 1 unspecified atom stereocenters. The molecule has 9 heteroatoms. The number of aliphatic hydroxyl groups is 1. The lowest BCUT2D eigenvalue weighted by molar-refractivity contribution is 0.0697. The first-order chi connectivity index (χ1) is 9.14. The van der Waals surface area contributed by atoms with Crippen LogP contribution in [0.2, 0.25) is 10.0 Å². The summed E-state index contributed by atoms with van der Waals surface area (Å²) < 4.78 is 25.6. The third kappa shape index (κ3) is 3.07. The minimum absolute atomic E-state index is 0.153. The maximum absolute atomic E-state index is 12.3. The Balaban J connectivity index is 3.48. The molecule has 20 heavy (non-hydrogen) atoms. The molecule has 6 nitrogen and oxygen atoms in total. The predicted octanol–water partition coefficient (Wildman–Crippen LogP) is 1.69. The van der Waals surface area contributed by atoms with E-state index in [4.69, 9.17) is 33.4 Å². The van der Waals surface area contributed by atoms with Crippen LogP contribution in [-0.2, 0) is 10.0 Å². The lowest BCUT2D eigenvalue weighted by Gasteiger charge is -2.23. The van der Waals surface area contributed by atoms with Gasteiger partial charge in [0.25, 0.3) is 0 Å². The molecule has 0 aliphatic rings. The molecule has 1 aromatic carbocycles. The summed E-state index contributed by atoms with van der Waals surface area (Å²) in [5.74, 6) is -1.42. The van der Waals surface area contributed by atoms with Gasteiger partial charge in [-0.05, 0) is 19.1 Å². The third-order valence-electron chi connectivity index (χ3n) is 2.81. The number of carbonyl (C=O) groups is 1. The Morgan fingerprint density at radius 1 is 1.40 bits per heavy atom. The van der Waals surface area contributed by atoms with Crippen LogP contribution in [0.5, 0.6) is 0 Å². The molecule has 0 aliphatic carbocycles. The predicted molar refractivity (Wildman–Crippen MR) is 74.9 cm³/mol. The second-order valence-corrected chi connectivity index (χ2v) is 6.84. The van der Waals surface area contributed by atoms with Gasteiger partial charge in [0.1, 0.15) is 4.90 Å². The van der Waals surface area contributed by atoms with Crippen molar-refractivity contribution >= 4 is 39.2 Å². The van der Waals surface area contributed by atoms with Crippen molar-refractivity contribution in [2.75, 3.05) is 13.7 Å². The maximum Gasteiger partial charge on any atom is 0.338 e. The summed E-state index contributed by atoms with van der Waals surface area (Å²) in [4.78, 5) is 10.7. The van der Waals surface area contributed by atoms with Crippen LogP contribution in [0.3, 0.4) is 0 Å². The summed E-state index contributed by atoms with van der Waals surface area (Å²) in [5.41, 5.74) is -0.473. The van der Waals surface area contributed by atoms with Crippen molar-refractivity contribution in [1.82, 2.24) is 4.31 Å². The Morgan fingerprint density at radius 2 is 1.95 bits per heavy atom. The summed E-state index contributed by atoms with van der Waals surface area (Å²) in [6, 6.07) is 1.61. The minimum Gasteiger partial charge on any atom is -0.478 e. The number of hydrogen-bond acceptors (Lipinski definition) is 4. The standard InChI is InChI=1S/C11H13Cl2NO5S/c1-6(5-15)14(2)20(18,19)8-4-3-7(12)9(10(8)13)11(16)17/h3-4,6,15H,5H2,1-2H3,(H,16,17). The quantitative estimate of drug-likeness (QED) is 0.849. The summed E-state index contributed by atoms with van der Waals surface area (Å²) in [7, 11) is -2.77. The molecule has 1 aromatic rings. The van der Waals surface area contributed by atoms with E-state index in [1.54, 1.807) is 0 Å². The molecular weight excluding hydrogens is 329 g/mol. The fourth-order valence-corrected chi connectivity index (χ4v) is 3.68. The minimum atomic E-state index is -4.03. The number of carboxylic acids is 1. The molecular formula is C11H13Cl2NO5S. The first-order valence-corrected chi connectivity index (χ1v) is 7.64. The molecule has 0 fully saturated rings. The van der Waals surface area contributed by atoms with Gasteiger partial charge in [-0.2, -0.15) is 4.31 Å². The van der Waals surface area contributed by atoms with E-state index in [0.29, 0.717) is 0 Å². The normalized spacial score (nSPS) is 13.5. The number of benzene rings is 1. The van der Waals surface area contributed by atoms with Gasteiger partial charge in [0, 0.05) is 13.1 Å². The Hall–Kier alpha value is -0.860. The zero-order valence-corrected chi connectivity index (χ0v) is 13.0. The second-order valence-electron chi connectivity index (χ2n) is 4.09. The van der Waals surface area contributed by atoms with Crippen LogP contribution in [-0.4, -0.2) is 48.6 Å². The first kappa shape index (κ1) is 17.2. The Kier molecular flexibility index (Phi) is 5.39. The highest BCUT2D eigenvalue weighted by molar-refractivity contribution is 7.89. The van der Waals surface area contributed by atoms with E-state index in [-0.39, 0.29) is 16.5 Å². The largest absolute Gasteiger partial charge is 0.478 e. The van der Waals surface area contributed by atoms with Crippen LogP contribution in [0.15, 0.2) is 17.0 Å². The molecule has 2 N–H and O–H groups in total. The van der Waals surface area contributed by atoms with Crippen molar-refractivity contribution in [2.24, 2.45) is 0 Å². The number of sulfonamides is 1. The highest BCUT2D eigenvalue weighted by Crippen LogP contribution is 2.32. The van der Waals surface area contributed by atoms with Crippen LogP contribution in [0.1, 0.15) is 17.3 Å². The Morgan fingerprint density at radius 3 is 2.40 bits per heavy atom. The van der Waals surface area contributed by atoms with Gasteiger partial charge in [0.05, 0.1) is 22.2 Å². The molecule has 112 valence electrons. The highest BCUT2D eigenvalue weighted by Gasteiger charge is 2.30. The van der Waals surface area contributed by atoms with Gasteiger partial charge in [-0.3, -0.25) is 0 Å². The lowest BCUT2D eigenvalue weighted by Crippen LogP contribution is -2.37. The molecule has 0 aromatic heterocycles. The average Bonchev–Trinajstić information content (AvgIpc) is 2.36. The molecule has 0 amide bonds. The highest BCUT2D eigenvalue weighted by atomic mass is 35.5. The van der Waals surface area contributed by atoms with Gasteiger partial charge < -0.3 is 10.2 Å². The molecule has 1 atom stereocenters. The summed E-state index contributed by atoms with van der Waals surface area (Å²) in [6.07, 6.45) is 0. The van der Waals surface area contributed by atoms with E-state index in [0.717, 1.165) is 16.4 Å². The van der Waals surface area contributed by atoms with Gasteiger partial charge in [0.15, 0.2) is 0 Å². The number of rotatable bonds is 5. The van der Waals surface area contributed by atoms with E-state index in [2.05, 4.69) is 0 Å². The smallest absolute Gasteiger partial charge is 0.338 e. The Labute approximate surface area is 126 Å². The fourth-order valence-electron chi connectivity index (χ4n) is 1.44. The zero-order chi connectivity index (χ0) is 15.7. The van der Waals surface area contributed by atoms with E-state index in [1.807, 2.05) is 0 Å². The topological polar surface area (TPSA) is 94.9 Å². The van der Waals surface area contributed by atoms with Crippen molar-refractivity contribution in [3.8, 4) is 0 Å². The van der Waals surface area contributed by atoms with Gasteiger partial charge in [-0.15, -0.1) is 0 Å². The van der Waals surface area contributed by atoms with Crippen molar-refractivity contribution in [1.29, 1.82) is 0 Å². The number of aliphatic hydroxyl groups excluding tert-OH is 1. The maximum atomic E-state index is 12.3. The first-order valence-electron chi connectivity index (χ1n) is 5.44. The van der Waals surface area contributed by atoms with Crippen LogP contribution in [0.25, 0.3) is 0 Å². The van der Waals surface area contributed by atoms with Gasteiger partial charge in [-0.1, -0.05) is 23.2 Å². The number of likely N-dealkylation sites (N-methyl/N-ethyl adjacent to an activating group) is 1. The molecule has 0 heterocycles. The number of carboxylic acid groups (broad SMARTS) is 1. The third-order valence-corrected chi connectivity index (χ3v) is 5.65. The summed E-state index contributed by atoms with van der Waals surface area (Å²) in [5, 5.41) is 17.4. The molecule has 0 saturated carbocycles. The van der Waals surface area contributed by atoms with Gasteiger partial charge in [-0.25, -0.2) is 13.2 Å². The second kappa shape index (κ2) is 6.28. The summed E-state index contributed by atoms with van der Waals surface area (Å²) >= 11 is 11.6. The van der Waals surface area contributed by atoms with Crippen LogP contribution < -0.4 is 0 Å². The van der Waals surface area contributed by atoms with Crippen LogP contribution >= 0.6 is 23.2 Å². The van der Waals surface area contributed by atoms with E-state index < -0.39 is 32.6 Å². The molecule has 0 saturated heterocycles. The van der Waals surface area contributed by atoms with Crippen molar-refractivity contribution in [3.05, 3.63) is 27.7 Å². The number of halogens is 2. The number of hydrogen-bond donors (Lipinski definition) is 2. The van der Waals surface area contributed by atoms with E-state index in [1.165, 1.54) is 14.0 Å². The molecule has 0 spiro atoms. The van der Waals surface area contributed by atoms with Crippen LogP contribution in [0, 0.1) is 0 Å². The van der Waals surface area contributed by atoms with Gasteiger partial charge >= 0.3 is 5.97 Å². The monoisotopic (exact) mass is 341 g/mol. The van der Waals surface area contributed by atoms with Crippen molar-refractivity contribution in [3.63, 3.8) is 0 Å². The average molecular weight is 342 g/mol. The lowest BCUT2D eigenvalue weighted by atomic mass is 10.2.